The molecule has 0 saturated carbocycles. The van der Waals surface area contributed by atoms with Gasteiger partial charge in [0.2, 0.25) is 0 Å². The molecule has 1 atom stereocenters. The van der Waals surface area contributed by atoms with Crippen molar-refractivity contribution in [2.24, 2.45) is 0 Å². The molecule has 1 aromatic rings. The van der Waals surface area contributed by atoms with Gasteiger partial charge in [0.25, 0.3) is 0 Å². The molecule has 0 amide bonds. The standard InChI is InChI=1S/C11H17FNP/c1-11(2,3)13-7-8-6-9(12)4-5-10(8)14/h4-6,13H,7,14H2,1-3H3. The molecule has 0 radical (unpaired) electrons. The molecular weight excluding hydrogens is 196 g/mol. The highest BCUT2D eigenvalue weighted by atomic mass is 31.0. The molecule has 1 unspecified atom stereocenters. The first-order chi connectivity index (χ1) is 6.38. The summed E-state index contributed by atoms with van der Waals surface area (Å²) in [6, 6.07) is 4.82. The minimum absolute atomic E-state index is 0.0590. The third-order valence-corrected chi connectivity index (χ3v) is 2.48. The average molecular weight is 213 g/mol. The Hall–Kier alpha value is -0.460. The fourth-order valence-electron chi connectivity index (χ4n) is 1.09. The van der Waals surface area contributed by atoms with E-state index in [0.717, 1.165) is 10.9 Å². The molecule has 0 saturated heterocycles. The highest BCUT2D eigenvalue weighted by Crippen LogP contribution is 2.07. The SMILES string of the molecule is CC(C)(C)NCc1cc(F)ccc1P. The van der Waals surface area contributed by atoms with Crippen LogP contribution in [-0.2, 0) is 6.54 Å². The van der Waals surface area contributed by atoms with E-state index >= 15 is 0 Å². The maximum atomic E-state index is 12.9. The van der Waals surface area contributed by atoms with Crippen LogP contribution in [0.2, 0.25) is 0 Å². The highest BCUT2D eigenvalue weighted by molar-refractivity contribution is 7.27. The average Bonchev–Trinajstić information content (AvgIpc) is 2.05. The van der Waals surface area contributed by atoms with Gasteiger partial charge in [0.1, 0.15) is 5.82 Å². The van der Waals surface area contributed by atoms with Crippen LogP contribution in [0.1, 0.15) is 26.3 Å². The predicted molar refractivity (Wildman–Crippen MR) is 62.3 cm³/mol. The van der Waals surface area contributed by atoms with Gasteiger partial charge in [-0.25, -0.2) is 4.39 Å². The lowest BCUT2D eigenvalue weighted by molar-refractivity contribution is 0.424. The number of hydrogen-bond acceptors (Lipinski definition) is 1. The summed E-state index contributed by atoms with van der Waals surface area (Å²) in [6.07, 6.45) is 0. The Balaban J connectivity index is 2.72. The van der Waals surface area contributed by atoms with E-state index in [1.165, 1.54) is 6.07 Å². The minimum Gasteiger partial charge on any atom is -0.308 e. The van der Waals surface area contributed by atoms with E-state index in [1.54, 1.807) is 12.1 Å². The van der Waals surface area contributed by atoms with Crippen LogP contribution >= 0.6 is 9.24 Å². The first kappa shape index (κ1) is 11.6. The van der Waals surface area contributed by atoms with Crippen LogP contribution in [0.3, 0.4) is 0 Å². The summed E-state index contributed by atoms with van der Waals surface area (Å²) in [7, 11) is 2.62. The molecule has 78 valence electrons. The lowest BCUT2D eigenvalue weighted by Gasteiger charge is -2.21. The summed E-state index contributed by atoms with van der Waals surface area (Å²) in [5, 5.41) is 4.37. The number of halogens is 1. The zero-order valence-corrected chi connectivity index (χ0v) is 10.0. The monoisotopic (exact) mass is 213 g/mol. The van der Waals surface area contributed by atoms with Crippen molar-refractivity contribution in [3.63, 3.8) is 0 Å². The normalized spacial score (nSPS) is 11.8. The van der Waals surface area contributed by atoms with Crippen LogP contribution in [0.15, 0.2) is 18.2 Å². The number of hydrogen-bond donors (Lipinski definition) is 1. The van der Waals surface area contributed by atoms with Crippen LogP contribution in [0.4, 0.5) is 4.39 Å². The van der Waals surface area contributed by atoms with Crippen LogP contribution in [0, 0.1) is 5.82 Å². The molecular formula is C11H17FNP. The Bertz CT molecular complexity index is 318. The molecule has 0 aromatic heterocycles. The van der Waals surface area contributed by atoms with Crippen LogP contribution in [-0.4, -0.2) is 5.54 Å². The van der Waals surface area contributed by atoms with Crippen molar-refractivity contribution >= 4 is 14.5 Å². The van der Waals surface area contributed by atoms with Gasteiger partial charge in [-0.15, -0.1) is 9.24 Å². The summed E-state index contributed by atoms with van der Waals surface area (Å²) in [5.74, 6) is -0.179. The first-order valence-electron chi connectivity index (χ1n) is 4.67. The van der Waals surface area contributed by atoms with Crippen molar-refractivity contribution in [2.75, 3.05) is 0 Å². The number of benzene rings is 1. The van der Waals surface area contributed by atoms with E-state index in [1.807, 2.05) is 0 Å². The maximum Gasteiger partial charge on any atom is 0.123 e. The third kappa shape index (κ3) is 3.73. The lowest BCUT2D eigenvalue weighted by Crippen LogP contribution is -2.36. The van der Waals surface area contributed by atoms with Crippen molar-refractivity contribution in [3.8, 4) is 0 Å². The second-order valence-corrected chi connectivity index (χ2v) is 5.07. The van der Waals surface area contributed by atoms with Gasteiger partial charge in [0, 0.05) is 12.1 Å². The number of nitrogens with one attached hydrogen (secondary N) is 1. The van der Waals surface area contributed by atoms with Gasteiger partial charge >= 0.3 is 0 Å². The Morgan fingerprint density at radius 1 is 1.36 bits per heavy atom. The fourth-order valence-corrected chi connectivity index (χ4v) is 1.37. The van der Waals surface area contributed by atoms with E-state index in [-0.39, 0.29) is 11.4 Å². The van der Waals surface area contributed by atoms with E-state index < -0.39 is 0 Å². The molecule has 0 bridgehead atoms. The minimum atomic E-state index is -0.179. The molecule has 0 aliphatic rings. The summed E-state index contributed by atoms with van der Waals surface area (Å²) in [5.41, 5.74) is 1.05. The molecule has 0 fully saturated rings. The molecule has 1 nitrogen and oxygen atoms in total. The highest BCUT2D eigenvalue weighted by Gasteiger charge is 2.09. The molecule has 0 aliphatic heterocycles. The molecule has 1 N–H and O–H groups in total. The van der Waals surface area contributed by atoms with Crippen molar-refractivity contribution < 1.29 is 4.39 Å². The summed E-state index contributed by atoms with van der Waals surface area (Å²) >= 11 is 0. The van der Waals surface area contributed by atoms with Crippen LogP contribution in [0.25, 0.3) is 0 Å². The zero-order valence-electron chi connectivity index (χ0n) is 8.89. The quantitative estimate of drug-likeness (QED) is 0.743. The second-order valence-electron chi connectivity index (χ2n) is 4.45. The predicted octanol–water partition coefficient (Wildman–Crippen LogP) is 2.21. The van der Waals surface area contributed by atoms with Crippen molar-refractivity contribution in [1.29, 1.82) is 0 Å². The fraction of sp³-hybridized carbons (Fsp3) is 0.455. The Labute approximate surface area is 87.3 Å². The second kappa shape index (κ2) is 4.37. The molecule has 0 aliphatic carbocycles. The Morgan fingerprint density at radius 3 is 2.57 bits per heavy atom. The van der Waals surface area contributed by atoms with E-state index in [2.05, 4.69) is 35.3 Å². The number of rotatable bonds is 2. The molecule has 0 heterocycles. The van der Waals surface area contributed by atoms with Gasteiger partial charge < -0.3 is 5.32 Å². The smallest absolute Gasteiger partial charge is 0.123 e. The zero-order chi connectivity index (χ0) is 10.8. The van der Waals surface area contributed by atoms with Gasteiger partial charge in [0.15, 0.2) is 0 Å². The largest absolute Gasteiger partial charge is 0.308 e. The van der Waals surface area contributed by atoms with Gasteiger partial charge in [-0.2, -0.15) is 0 Å². The van der Waals surface area contributed by atoms with Gasteiger partial charge in [0.05, 0.1) is 0 Å². The third-order valence-electron chi connectivity index (χ3n) is 1.91. The Kier molecular flexibility index (Phi) is 3.63. The van der Waals surface area contributed by atoms with Gasteiger partial charge in [-0.1, -0.05) is 6.07 Å². The summed E-state index contributed by atoms with van der Waals surface area (Å²) in [6.45, 7) is 6.97. The molecule has 0 spiro atoms. The maximum absolute atomic E-state index is 12.9. The van der Waals surface area contributed by atoms with Crippen molar-refractivity contribution in [1.82, 2.24) is 5.32 Å². The molecule has 3 heteroatoms. The van der Waals surface area contributed by atoms with Crippen molar-refractivity contribution in [3.05, 3.63) is 29.6 Å². The van der Waals surface area contributed by atoms with E-state index in [9.17, 15) is 4.39 Å². The summed E-state index contributed by atoms with van der Waals surface area (Å²) < 4.78 is 12.9. The topological polar surface area (TPSA) is 12.0 Å². The lowest BCUT2D eigenvalue weighted by atomic mass is 10.1. The molecule has 1 aromatic carbocycles. The Morgan fingerprint density at radius 2 is 2.00 bits per heavy atom. The molecule has 1 rings (SSSR count). The van der Waals surface area contributed by atoms with Crippen LogP contribution < -0.4 is 10.6 Å². The van der Waals surface area contributed by atoms with Gasteiger partial charge in [-0.05, 0) is 43.8 Å². The van der Waals surface area contributed by atoms with E-state index in [0.29, 0.717) is 6.54 Å². The van der Waals surface area contributed by atoms with E-state index in [4.69, 9.17) is 0 Å². The first-order valence-corrected chi connectivity index (χ1v) is 5.25. The van der Waals surface area contributed by atoms with Crippen LogP contribution in [0.5, 0.6) is 0 Å². The summed E-state index contributed by atoms with van der Waals surface area (Å²) in [4.78, 5) is 0. The van der Waals surface area contributed by atoms with Gasteiger partial charge in [-0.3, -0.25) is 0 Å². The van der Waals surface area contributed by atoms with Crippen molar-refractivity contribution in [2.45, 2.75) is 32.9 Å². The molecule has 14 heavy (non-hydrogen) atoms.